The number of hydrogen-bond donors (Lipinski definition) is 0. The third-order valence-corrected chi connectivity index (χ3v) is 3.09. The Kier molecular flexibility index (Phi) is 3.41. The number of pyridine rings is 1. The molecule has 0 aliphatic carbocycles. The Labute approximate surface area is 102 Å². The standard InChI is InChI=1S/C11H10ClFN2S/c1-15(6-8-2-3-16-7-8)11-10(13)4-9(12)5-14-11/h2-5,7H,6H2,1H3. The van der Waals surface area contributed by atoms with Crippen LogP contribution in [-0.4, -0.2) is 12.0 Å². The van der Waals surface area contributed by atoms with Gasteiger partial charge >= 0.3 is 0 Å². The number of nitrogens with zero attached hydrogens (tertiary/aromatic N) is 2. The van der Waals surface area contributed by atoms with Gasteiger partial charge in [-0.3, -0.25) is 0 Å². The number of thiophene rings is 1. The van der Waals surface area contributed by atoms with E-state index in [-0.39, 0.29) is 0 Å². The smallest absolute Gasteiger partial charge is 0.167 e. The Hall–Kier alpha value is -1.13. The zero-order chi connectivity index (χ0) is 11.5. The van der Waals surface area contributed by atoms with Gasteiger partial charge in [-0.15, -0.1) is 0 Å². The molecule has 0 spiro atoms. The topological polar surface area (TPSA) is 16.1 Å². The number of rotatable bonds is 3. The van der Waals surface area contributed by atoms with E-state index in [1.54, 1.807) is 23.3 Å². The molecule has 5 heteroatoms. The van der Waals surface area contributed by atoms with Crippen LogP contribution in [0.25, 0.3) is 0 Å². The van der Waals surface area contributed by atoms with Gasteiger partial charge in [0.15, 0.2) is 11.6 Å². The van der Waals surface area contributed by atoms with Crippen LogP contribution in [0.5, 0.6) is 0 Å². The second kappa shape index (κ2) is 4.80. The molecule has 2 rings (SSSR count). The first kappa shape index (κ1) is 11.4. The van der Waals surface area contributed by atoms with Crippen molar-refractivity contribution in [2.24, 2.45) is 0 Å². The lowest BCUT2D eigenvalue weighted by molar-refractivity contribution is 0.615. The largest absolute Gasteiger partial charge is 0.353 e. The molecule has 0 aliphatic rings. The molecule has 0 atom stereocenters. The zero-order valence-corrected chi connectivity index (χ0v) is 10.2. The summed E-state index contributed by atoms with van der Waals surface area (Å²) in [5, 5.41) is 4.34. The molecule has 0 aromatic carbocycles. The monoisotopic (exact) mass is 256 g/mol. The van der Waals surface area contributed by atoms with Crippen molar-refractivity contribution in [1.82, 2.24) is 4.98 Å². The van der Waals surface area contributed by atoms with Crippen molar-refractivity contribution < 1.29 is 4.39 Å². The minimum Gasteiger partial charge on any atom is -0.353 e. The van der Waals surface area contributed by atoms with Gasteiger partial charge in [0.2, 0.25) is 0 Å². The fourth-order valence-corrected chi connectivity index (χ4v) is 2.22. The molecule has 2 aromatic heterocycles. The van der Waals surface area contributed by atoms with Gasteiger partial charge in [-0.2, -0.15) is 11.3 Å². The molecule has 16 heavy (non-hydrogen) atoms. The normalized spacial score (nSPS) is 10.4. The van der Waals surface area contributed by atoms with Crippen molar-refractivity contribution in [2.75, 3.05) is 11.9 Å². The summed E-state index contributed by atoms with van der Waals surface area (Å²) in [7, 11) is 1.80. The molecule has 2 heterocycles. The van der Waals surface area contributed by atoms with E-state index < -0.39 is 5.82 Å². The highest BCUT2D eigenvalue weighted by Crippen LogP contribution is 2.20. The van der Waals surface area contributed by atoms with Crippen LogP contribution >= 0.6 is 22.9 Å². The molecule has 2 nitrogen and oxygen atoms in total. The minimum absolute atomic E-state index is 0.310. The van der Waals surface area contributed by atoms with Crippen LogP contribution in [-0.2, 0) is 6.54 Å². The van der Waals surface area contributed by atoms with E-state index in [1.165, 1.54) is 12.3 Å². The van der Waals surface area contributed by atoms with Crippen molar-refractivity contribution in [1.29, 1.82) is 0 Å². The Morgan fingerprint density at radius 2 is 2.38 bits per heavy atom. The maximum Gasteiger partial charge on any atom is 0.167 e. The third-order valence-electron chi connectivity index (χ3n) is 2.15. The molecular formula is C11H10ClFN2S. The Bertz CT molecular complexity index is 473. The predicted molar refractivity (Wildman–Crippen MR) is 65.6 cm³/mol. The van der Waals surface area contributed by atoms with Crippen molar-refractivity contribution in [3.63, 3.8) is 0 Å². The summed E-state index contributed by atoms with van der Waals surface area (Å²) >= 11 is 7.27. The Balaban J connectivity index is 2.17. The van der Waals surface area contributed by atoms with E-state index in [0.29, 0.717) is 17.4 Å². The zero-order valence-electron chi connectivity index (χ0n) is 8.65. The fourth-order valence-electron chi connectivity index (χ4n) is 1.42. The number of hydrogen-bond acceptors (Lipinski definition) is 3. The summed E-state index contributed by atoms with van der Waals surface area (Å²) in [6, 6.07) is 3.28. The van der Waals surface area contributed by atoms with Crippen LogP contribution < -0.4 is 4.90 Å². The summed E-state index contributed by atoms with van der Waals surface area (Å²) in [6.45, 7) is 0.634. The molecule has 2 aromatic rings. The van der Waals surface area contributed by atoms with E-state index in [9.17, 15) is 4.39 Å². The molecule has 0 bridgehead atoms. The minimum atomic E-state index is -0.398. The summed E-state index contributed by atoms with van der Waals surface area (Å²) in [6.07, 6.45) is 1.45. The van der Waals surface area contributed by atoms with Gasteiger partial charge in [-0.25, -0.2) is 9.37 Å². The Morgan fingerprint density at radius 3 is 3.00 bits per heavy atom. The second-order valence-corrected chi connectivity index (χ2v) is 4.66. The Morgan fingerprint density at radius 1 is 1.56 bits per heavy atom. The highest BCUT2D eigenvalue weighted by Gasteiger charge is 2.10. The molecule has 0 fully saturated rings. The number of halogens is 2. The summed E-state index contributed by atoms with van der Waals surface area (Å²) in [5.41, 5.74) is 1.14. The fraction of sp³-hybridized carbons (Fsp3) is 0.182. The van der Waals surface area contributed by atoms with E-state index in [4.69, 9.17) is 11.6 Å². The van der Waals surface area contributed by atoms with E-state index in [0.717, 1.165) is 5.56 Å². The van der Waals surface area contributed by atoms with Crippen LogP contribution in [0.15, 0.2) is 29.1 Å². The first-order valence-corrected chi connectivity index (χ1v) is 6.02. The maximum absolute atomic E-state index is 13.5. The van der Waals surface area contributed by atoms with Crippen molar-refractivity contribution in [3.8, 4) is 0 Å². The summed E-state index contributed by atoms with van der Waals surface area (Å²) in [5.74, 6) is -0.0826. The van der Waals surface area contributed by atoms with Crippen LogP contribution in [0, 0.1) is 5.82 Å². The molecule has 0 aliphatic heterocycles. The van der Waals surface area contributed by atoms with Crippen LogP contribution in [0.3, 0.4) is 0 Å². The van der Waals surface area contributed by atoms with Crippen molar-refractivity contribution in [3.05, 3.63) is 45.5 Å². The van der Waals surface area contributed by atoms with E-state index in [2.05, 4.69) is 4.98 Å². The van der Waals surface area contributed by atoms with Gasteiger partial charge in [0, 0.05) is 19.8 Å². The first-order valence-electron chi connectivity index (χ1n) is 4.70. The van der Waals surface area contributed by atoms with Crippen molar-refractivity contribution >= 4 is 28.8 Å². The van der Waals surface area contributed by atoms with Crippen LogP contribution in [0.2, 0.25) is 5.02 Å². The van der Waals surface area contributed by atoms with Gasteiger partial charge in [-0.1, -0.05) is 11.6 Å². The number of anilines is 1. The first-order chi connectivity index (χ1) is 7.66. The lowest BCUT2D eigenvalue weighted by Crippen LogP contribution is -2.18. The van der Waals surface area contributed by atoms with Gasteiger partial charge in [0.25, 0.3) is 0 Å². The lowest BCUT2D eigenvalue weighted by atomic mass is 10.3. The average molecular weight is 257 g/mol. The number of aromatic nitrogens is 1. The van der Waals surface area contributed by atoms with E-state index >= 15 is 0 Å². The summed E-state index contributed by atoms with van der Waals surface area (Å²) in [4.78, 5) is 5.74. The van der Waals surface area contributed by atoms with Crippen LogP contribution in [0.4, 0.5) is 10.2 Å². The second-order valence-electron chi connectivity index (χ2n) is 3.45. The SMILES string of the molecule is CN(Cc1ccsc1)c1ncc(Cl)cc1F. The van der Waals surface area contributed by atoms with Crippen molar-refractivity contribution in [2.45, 2.75) is 6.54 Å². The quantitative estimate of drug-likeness (QED) is 0.835. The highest BCUT2D eigenvalue weighted by atomic mass is 35.5. The molecule has 0 radical (unpaired) electrons. The molecular weight excluding hydrogens is 247 g/mol. The predicted octanol–water partition coefficient (Wildman–Crippen LogP) is 3.57. The van der Waals surface area contributed by atoms with Gasteiger partial charge in [0.05, 0.1) is 5.02 Å². The van der Waals surface area contributed by atoms with Gasteiger partial charge in [0.1, 0.15) is 0 Å². The molecule has 0 N–H and O–H groups in total. The molecule has 84 valence electrons. The molecule has 0 saturated heterocycles. The van der Waals surface area contributed by atoms with E-state index in [1.807, 2.05) is 16.8 Å². The molecule has 0 unspecified atom stereocenters. The van der Waals surface area contributed by atoms with Crippen LogP contribution in [0.1, 0.15) is 5.56 Å². The van der Waals surface area contributed by atoms with Gasteiger partial charge < -0.3 is 4.90 Å². The van der Waals surface area contributed by atoms with Gasteiger partial charge in [-0.05, 0) is 28.5 Å². The summed E-state index contributed by atoms with van der Waals surface area (Å²) < 4.78 is 13.5. The maximum atomic E-state index is 13.5. The molecule has 0 saturated carbocycles. The third kappa shape index (κ3) is 2.51. The molecule has 0 amide bonds. The highest BCUT2D eigenvalue weighted by molar-refractivity contribution is 7.07. The average Bonchev–Trinajstić information content (AvgIpc) is 2.70. The lowest BCUT2D eigenvalue weighted by Gasteiger charge is -2.17.